The summed E-state index contributed by atoms with van der Waals surface area (Å²) >= 11 is 0. The van der Waals surface area contributed by atoms with E-state index < -0.39 is 0 Å². The topological polar surface area (TPSA) is 52.7 Å². The van der Waals surface area contributed by atoms with Crippen LogP contribution < -0.4 is 0 Å². The number of aromatic nitrogens is 4. The molecule has 0 atom stereocenters. The molecule has 2 rings (SSSR count). The number of ketones is 1. The predicted octanol–water partition coefficient (Wildman–Crippen LogP) is 1.37. The van der Waals surface area contributed by atoms with Gasteiger partial charge in [-0.15, -0.1) is 0 Å². The van der Waals surface area contributed by atoms with Crippen LogP contribution in [0.2, 0.25) is 0 Å². The van der Waals surface area contributed by atoms with Gasteiger partial charge in [-0.05, 0) is 19.9 Å². The molecule has 0 radical (unpaired) electrons. The summed E-state index contributed by atoms with van der Waals surface area (Å²) in [6.45, 7) is 4.72. The first kappa shape index (κ1) is 11.6. The average molecular weight is 232 g/mol. The lowest BCUT2D eigenvalue weighted by Crippen LogP contribution is -2.10. The zero-order valence-electron chi connectivity index (χ0n) is 10.3. The third-order valence-corrected chi connectivity index (χ3v) is 2.62. The summed E-state index contributed by atoms with van der Waals surface area (Å²) in [4.78, 5) is 16.0. The Balaban J connectivity index is 2.18. The maximum absolute atomic E-state index is 12.0. The van der Waals surface area contributed by atoms with E-state index >= 15 is 0 Å². The Morgan fingerprint density at radius 2 is 2.24 bits per heavy atom. The lowest BCUT2D eigenvalue weighted by atomic mass is 10.1. The number of nitrogens with zero attached hydrogens (tertiary/aromatic N) is 4. The fourth-order valence-electron chi connectivity index (χ4n) is 1.83. The molecule has 0 spiro atoms. The van der Waals surface area contributed by atoms with Gasteiger partial charge in [0.25, 0.3) is 0 Å². The number of Topliss-reactive ketones (excluding diaryl/α,β-unsaturated/α-hetero) is 1. The van der Waals surface area contributed by atoms with E-state index in [-0.39, 0.29) is 5.78 Å². The number of rotatable bonds is 4. The molecule has 0 N–H and O–H groups in total. The number of imidazole rings is 1. The van der Waals surface area contributed by atoms with Crippen molar-refractivity contribution < 1.29 is 4.79 Å². The summed E-state index contributed by atoms with van der Waals surface area (Å²) in [5.74, 6) is 0.0280. The Hall–Kier alpha value is -1.91. The molecule has 17 heavy (non-hydrogen) atoms. The summed E-state index contributed by atoms with van der Waals surface area (Å²) < 4.78 is 3.63. The first-order valence-corrected chi connectivity index (χ1v) is 5.64. The van der Waals surface area contributed by atoms with Gasteiger partial charge in [0, 0.05) is 25.5 Å². The number of hydrogen-bond acceptors (Lipinski definition) is 3. The molecule has 0 unspecified atom stereocenters. The maximum Gasteiger partial charge on any atom is 0.188 e. The summed E-state index contributed by atoms with van der Waals surface area (Å²) in [7, 11) is 1.85. The molecule has 2 aromatic rings. The number of carbonyl (C=O) groups excluding carboxylic acids is 1. The molecule has 5 nitrogen and oxygen atoms in total. The van der Waals surface area contributed by atoms with Gasteiger partial charge in [-0.1, -0.05) is 0 Å². The zero-order chi connectivity index (χ0) is 12.4. The number of carbonyl (C=O) groups is 1. The van der Waals surface area contributed by atoms with Gasteiger partial charge in [0.1, 0.15) is 5.69 Å². The van der Waals surface area contributed by atoms with E-state index in [1.54, 1.807) is 17.1 Å². The predicted molar refractivity (Wildman–Crippen MR) is 63.9 cm³/mol. The highest BCUT2D eigenvalue weighted by molar-refractivity contribution is 5.95. The van der Waals surface area contributed by atoms with Crippen molar-refractivity contribution in [1.82, 2.24) is 19.3 Å². The van der Waals surface area contributed by atoms with Crippen LogP contribution in [0.3, 0.4) is 0 Å². The second kappa shape index (κ2) is 4.53. The zero-order valence-corrected chi connectivity index (χ0v) is 10.3. The first-order valence-electron chi connectivity index (χ1n) is 5.64. The van der Waals surface area contributed by atoms with Crippen molar-refractivity contribution in [3.05, 3.63) is 35.7 Å². The molecule has 0 amide bonds. The van der Waals surface area contributed by atoms with Crippen molar-refractivity contribution in [2.45, 2.75) is 26.8 Å². The van der Waals surface area contributed by atoms with Gasteiger partial charge >= 0.3 is 0 Å². The van der Waals surface area contributed by atoms with Gasteiger partial charge in [0.15, 0.2) is 5.78 Å². The molecule has 0 saturated heterocycles. The first-order chi connectivity index (χ1) is 8.10. The van der Waals surface area contributed by atoms with E-state index in [9.17, 15) is 4.79 Å². The van der Waals surface area contributed by atoms with E-state index in [1.165, 1.54) is 0 Å². The molecule has 0 bridgehead atoms. The molecule has 2 aromatic heterocycles. The molecule has 0 saturated carbocycles. The lowest BCUT2D eigenvalue weighted by Gasteiger charge is -2.02. The van der Waals surface area contributed by atoms with Crippen LogP contribution >= 0.6 is 0 Å². The minimum atomic E-state index is 0.0280. The largest absolute Gasteiger partial charge is 0.340 e. The molecule has 2 heterocycles. The molecule has 90 valence electrons. The van der Waals surface area contributed by atoms with Crippen LogP contribution in [-0.4, -0.2) is 25.1 Å². The van der Waals surface area contributed by atoms with Crippen molar-refractivity contribution in [3.63, 3.8) is 0 Å². The molecular weight excluding hydrogens is 216 g/mol. The van der Waals surface area contributed by atoms with Gasteiger partial charge in [-0.25, -0.2) is 4.98 Å². The van der Waals surface area contributed by atoms with Gasteiger partial charge < -0.3 is 4.57 Å². The van der Waals surface area contributed by atoms with Crippen LogP contribution in [0.25, 0.3) is 0 Å². The maximum atomic E-state index is 12.0. The average Bonchev–Trinajstić information content (AvgIpc) is 2.85. The molecular formula is C12H16N4O. The van der Waals surface area contributed by atoms with Gasteiger partial charge in [0.2, 0.25) is 0 Å². The fourth-order valence-corrected chi connectivity index (χ4v) is 1.83. The lowest BCUT2D eigenvalue weighted by molar-refractivity contribution is 0.0986. The second-order valence-corrected chi connectivity index (χ2v) is 4.12. The summed E-state index contributed by atoms with van der Waals surface area (Å²) in [5.41, 5.74) is 2.39. The van der Waals surface area contributed by atoms with Crippen molar-refractivity contribution in [1.29, 1.82) is 0 Å². The standard InChI is InChI=1S/C12H16N4O/c1-4-16-10(5-9(2)14-16)6-12(17)11-7-15(3)8-13-11/h5,7-8H,4,6H2,1-3H3. The highest BCUT2D eigenvalue weighted by Crippen LogP contribution is 2.08. The van der Waals surface area contributed by atoms with Crippen LogP contribution in [0.1, 0.15) is 28.8 Å². The number of aryl methyl sites for hydroxylation is 3. The molecule has 0 aliphatic heterocycles. The van der Waals surface area contributed by atoms with E-state index in [4.69, 9.17) is 0 Å². The van der Waals surface area contributed by atoms with Crippen molar-refractivity contribution in [2.75, 3.05) is 0 Å². The molecule has 0 aliphatic rings. The summed E-state index contributed by atoms with van der Waals surface area (Å²) in [6.07, 6.45) is 3.73. The Labute approximate surface area is 100 Å². The summed E-state index contributed by atoms with van der Waals surface area (Å²) in [5, 5.41) is 4.32. The molecule has 0 fully saturated rings. The fraction of sp³-hybridized carbons (Fsp3) is 0.417. The smallest absolute Gasteiger partial charge is 0.188 e. The summed E-state index contributed by atoms with van der Waals surface area (Å²) in [6, 6.07) is 1.95. The molecule has 0 aliphatic carbocycles. The molecule has 0 aromatic carbocycles. The van der Waals surface area contributed by atoms with Crippen LogP contribution in [-0.2, 0) is 20.0 Å². The number of hydrogen-bond donors (Lipinski definition) is 0. The second-order valence-electron chi connectivity index (χ2n) is 4.12. The van der Waals surface area contributed by atoms with Crippen LogP contribution in [0.4, 0.5) is 0 Å². The quantitative estimate of drug-likeness (QED) is 0.748. The van der Waals surface area contributed by atoms with Crippen molar-refractivity contribution in [2.24, 2.45) is 7.05 Å². The van der Waals surface area contributed by atoms with Crippen LogP contribution in [0, 0.1) is 6.92 Å². The Morgan fingerprint density at radius 3 is 2.82 bits per heavy atom. The highest BCUT2D eigenvalue weighted by atomic mass is 16.1. The minimum absolute atomic E-state index is 0.0280. The SMILES string of the molecule is CCn1nc(C)cc1CC(=O)c1cn(C)cn1. The monoisotopic (exact) mass is 232 g/mol. The highest BCUT2D eigenvalue weighted by Gasteiger charge is 2.13. The Bertz CT molecular complexity index is 538. The van der Waals surface area contributed by atoms with Crippen molar-refractivity contribution in [3.8, 4) is 0 Å². The van der Waals surface area contributed by atoms with E-state index in [0.29, 0.717) is 12.1 Å². The van der Waals surface area contributed by atoms with E-state index in [1.807, 2.05) is 31.6 Å². The minimum Gasteiger partial charge on any atom is -0.340 e. The third kappa shape index (κ3) is 2.43. The van der Waals surface area contributed by atoms with E-state index in [0.717, 1.165) is 17.9 Å². The Morgan fingerprint density at radius 1 is 1.47 bits per heavy atom. The van der Waals surface area contributed by atoms with Crippen LogP contribution in [0.5, 0.6) is 0 Å². The van der Waals surface area contributed by atoms with Gasteiger partial charge in [-0.3, -0.25) is 9.48 Å². The van der Waals surface area contributed by atoms with Gasteiger partial charge in [-0.2, -0.15) is 5.10 Å². The van der Waals surface area contributed by atoms with Crippen LogP contribution in [0.15, 0.2) is 18.6 Å². The normalized spacial score (nSPS) is 10.8. The van der Waals surface area contributed by atoms with Crippen molar-refractivity contribution >= 4 is 5.78 Å². The van der Waals surface area contributed by atoms with Gasteiger partial charge in [0.05, 0.1) is 18.4 Å². The molecule has 5 heteroatoms. The van der Waals surface area contributed by atoms with E-state index in [2.05, 4.69) is 10.1 Å². The Kier molecular flexibility index (Phi) is 3.08. The third-order valence-electron chi connectivity index (χ3n) is 2.62.